The molecule has 4 heteroatoms. The molecule has 2 N–H and O–H groups in total. The van der Waals surface area contributed by atoms with Gasteiger partial charge >= 0.3 is 0 Å². The van der Waals surface area contributed by atoms with Gasteiger partial charge in [0.15, 0.2) is 0 Å². The Bertz CT molecular complexity index is 399. The van der Waals surface area contributed by atoms with E-state index in [-0.39, 0.29) is 17.8 Å². The van der Waals surface area contributed by atoms with Crippen molar-refractivity contribution in [2.45, 2.75) is 31.7 Å². The highest BCUT2D eigenvalue weighted by Gasteiger charge is 2.27. The number of carbonyl (C=O) groups is 1. The van der Waals surface area contributed by atoms with E-state index in [1.54, 1.807) is 12.1 Å². The molecule has 2 rings (SSSR count). The summed E-state index contributed by atoms with van der Waals surface area (Å²) in [7, 11) is 0. The molecule has 0 saturated heterocycles. The summed E-state index contributed by atoms with van der Waals surface area (Å²) in [5.74, 6) is -0.278. The minimum absolute atomic E-state index is 0.118. The van der Waals surface area contributed by atoms with Gasteiger partial charge in [-0.25, -0.2) is 4.39 Å². The number of aliphatic hydroxyl groups excluding tert-OH is 1. The van der Waals surface area contributed by atoms with Gasteiger partial charge in [-0.05, 0) is 36.5 Å². The molecular weight excluding hydrogens is 233 g/mol. The van der Waals surface area contributed by atoms with Crippen LogP contribution in [0.4, 0.5) is 4.39 Å². The summed E-state index contributed by atoms with van der Waals surface area (Å²) < 4.78 is 12.9. The van der Waals surface area contributed by atoms with Gasteiger partial charge in [-0.3, -0.25) is 4.79 Å². The normalized spacial score (nSPS) is 17.7. The maximum Gasteiger partial charge on any atom is 0.246 e. The number of aliphatic hydroxyl groups is 1. The van der Waals surface area contributed by atoms with Crippen LogP contribution in [0, 0.1) is 11.7 Å². The van der Waals surface area contributed by atoms with Crippen LogP contribution in [-0.2, 0) is 4.79 Å². The lowest BCUT2D eigenvalue weighted by molar-refractivity contribution is -0.125. The Morgan fingerprint density at radius 1 is 1.33 bits per heavy atom. The summed E-state index contributed by atoms with van der Waals surface area (Å²) in [6.07, 6.45) is 4.45. The summed E-state index contributed by atoms with van der Waals surface area (Å²) in [5, 5.41) is 11.7. The van der Waals surface area contributed by atoms with Gasteiger partial charge in [-0.1, -0.05) is 25.0 Å². The molecule has 0 aromatic heterocycles. The summed E-state index contributed by atoms with van der Waals surface area (Å²) >= 11 is 0. The van der Waals surface area contributed by atoms with E-state index in [1.165, 1.54) is 12.1 Å². The van der Waals surface area contributed by atoms with Gasteiger partial charge in [0, 0.05) is 0 Å². The predicted molar refractivity (Wildman–Crippen MR) is 66.3 cm³/mol. The number of benzene rings is 1. The maximum atomic E-state index is 12.9. The van der Waals surface area contributed by atoms with Gasteiger partial charge in [0.2, 0.25) is 5.91 Å². The van der Waals surface area contributed by atoms with Crippen molar-refractivity contribution in [1.29, 1.82) is 0 Å². The molecule has 1 saturated carbocycles. The van der Waals surface area contributed by atoms with Gasteiger partial charge in [0.05, 0.1) is 6.04 Å². The van der Waals surface area contributed by atoms with Crippen molar-refractivity contribution >= 4 is 5.91 Å². The molecule has 1 atom stereocenters. The van der Waals surface area contributed by atoms with E-state index < -0.39 is 6.61 Å². The fraction of sp³-hybridized carbons (Fsp3) is 0.500. The Hall–Kier alpha value is -1.42. The Balaban J connectivity index is 2.17. The third kappa shape index (κ3) is 3.07. The molecule has 3 nitrogen and oxygen atoms in total. The van der Waals surface area contributed by atoms with Gasteiger partial charge in [0.25, 0.3) is 0 Å². The number of nitrogens with one attached hydrogen (secondary N) is 1. The fourth-order valence-electron chi connectivity index (χ4n) is 2.65. The fourth-order valence-corrected chi connectivity index (χ4v) is 2.65. The van der Waals surface area contributed by atoms with Crippen LogP contribution in [0.5, 0.6) is 0 Å². The lowest BCUT2D eigenvalue weighted by Crippen LogP contribution is -2.34. The number of hydrogen-bond donors (Lipinski definition) is 2. The summed E-state index contributed by atoms with van der Waals surface area (Å²) in [6.45, 7) is -0.510. The molecule has 0 spiro atoms. The van der Waals surface area contributed by atoms with Crippen molar-refractivity contribution < 1.29 is 14.3 Å². The first kappa shape index (κ1) is 13.0. The van der Waals surface area contributed by atoms with E-state index in [2.05, 4.69) is 5.32 Å². The van der Waals surface area contributed by atoms with Crippen molar-refractivity contribution in [1.82, 2.24) is 5.32 Å². The molecule has 1 fully saturated rings. The lowest BCUT2D eigenvalue weighted by atomic mass is 9.91. The highest BCUT2D eigenvalue weighted by Crippen LogP contribution is 2.35. The van der Waals surface area contributed by atoms with E-state index in [0.29, 0.717) is 5.92 Å². The standard InChI is InChI=1S/C14H18FNO2/c15-12-7-5-11(6-8-12)14(16-13(18)9-17)10-3-1-2-4-10/h5-8,10,14,17H,1-4,9H2,(H,16,18). The third-order valence-corrected chi connectivity index (χ3v) is 3.56. The second-order valence-electron chi connectivity index (χ2n) is 4.80. The van der Waals surface area contributed by atoms with Crippen LogP contribution in [0.2, 0.25) is 0 Å². The SMILES string of the molecule is O=C(CO)NC(c1ccc(F)cc1)C1CCCC1. The number of halogens is 1. The quantitative estimate of drug-likeness (QED) is 0.861. The summed E-state index contributed by atoms with van der Waals surface area (Å²) in [5.41, 5.74) is 0.908. The molecular formula is C14H18FNO2. The Morgan fingerprint density at radius 2 is 1.94 bits per heavy atom. The van der Waals surface area contributed by atoms with E-state index in [4.69, 9.17) is 5.11 Å². The molecule has 1 amide bonds. The largest absolute Gasteiger partial charge is 0.387 e. The highest BCUT2D eigenvalue weighted by molar-refractivity contribution is 5.77. The molecule has 0 bridgehead atoms. The first-order chi connectivity index (χ1) is 8.70. The second-order valence-corrected chi connectivity index (χ2v) is 4.80. The zero-order valence-corrected chi connectivity index (χ0v) is 10.2. The monoisotopic (exact) mass is 251 g/mol. The van der Waals surface area contributed by atoms with Crippen LogP contribution in [0.3, 0.4) is 0 Å². The first-order valence-electron chi connectivity index (χ1n) is 6.36. The summed E-state index contributed by atoms with van der Waals surface area (Å²) in [4.78, 5) is 11.4. The van der Waals surface area contributed by atoms with Crippen molar-refractivity contribution in [2.24, 2.45) is 5.92 Å². The lowest BCUT2D eigenvalue weighted by Gasteiger charge is -2.25. The molecule has 0 radical (unpaired) electrons. The van der Waals surface area contributed by atoms with Crippen LogP contribution in [0.25, 0.3) is 0 Å². The Labute approximate surface area is 106 Å². The molecule has 1 aromatic rings. The average Bonchev–Trinajstić information content (AvgIpc) is 2.90. The number of amides is 1. The Morgan fingerprint density at radius 3 is 2.50 bits per heavy atom. The number of hydrogen-bond acceptors (Lipinski definition) is 2. The molecule has 98 valence electrons. The molecule has 0 aliphatic heterocycles. The van der Waals surface area contributed by atoms with Crippen LogP contribution >= 0.6 is 0 Å². The third-order valence-electron chi connectivity index (χ3n) is 3.56. The number of rotatable bonds is 4. The van der Waals surface area contributed by atoms with E-state index in [0.717, 1.165) is 31.2 Å². The van der Waals surface area contributed by atoms with Crippen LogP contribution in [0.15, 0.2) is 24.3 Å². The summed E-state index contributed by atoms with van der Waals surface area (Å²) in [6, 6.07) is 6.10. The van der Waals surface area contributed by atoms with E-state index in [1.807, 2.05) is 0 Å². The van der Waals surface area contributed by atoms with Crippen molar-refractivity contribution in [3.63, 3.8) is 0 Å². The van der Waals surface area contributed by atoms with Crippen LogP contribution < -0.4 is 5.32 Å². The van der Waals surface area contributed by atoms with Crippen LogP contribution in [0.1, 0.15) is 37.3 Å². The molecule has 1 aromatic carbocycles. The number of carbonyl (C=O) groups excluding carboxylic acids is 1. The topological polar surface area (TPSA) is 49.3 Å². The smallest absolute Gasteiger partial charge is 0.246 e. The minimum atomic E-state index is -0.510. The maximum absolute atomic E-state index is 12.9. The molecule has 1 aliphatic rings. The first-order valence-corrected chi connectivity index (χ1v) is 6.36. The molecule has 0 heterocycles. The van der Waals surface area contributed by atoms with E-state index >= 15 is 0 Å². The Kier molecular flexibility index (Phi) is 4.31. The van der Waals surface area contributed by atoms with Crippen molar-refractivity contribution in [2.75, 3.05) is 6.61 Å². The minimum Gasteiger partial charge on any atom is -0.387 e. The zero-order chi connectivity index (χ0) is 13.0. The average molecular weight is 251 g/mol. The predicted octanol–water partition coefficient (Wildman–Crippen LogP) is 2.17. The van der Waals surface area contributed by atoms with Crippen molar-refractivity contribution in [3.8, 4) is 0 Å². The zero-order valence-electron chi connectivity index (χ0n) is 10.2. The van der Waals surface area contributed by atoms with Gasteiger partial charge in [-0.2, -0.15) is 0 Å². The van der Waals surface area contributed by atoms with Crippen LogP contribution in [-0.4, -0.2) is 17.6 Å². The highest BCUT2D eigenvalue weighted by atomic mass is 19.1. The van der Waals surface area contributed by atoms with Gasteiger partial charge < -0.3 is 10.4 Å². The van der Waals surface area contributed by atoms with Gasteiger partial charge in [0.1, 0.15) is 12.4 Å². The molecule has 18 heavy (non-hydrogen) atoms. The molecule has 1 aliphatic carbocycles. The second kappa shape index (κ2) is 5.96. The van der Waals surface area contributed by atoms with Crippen molar-refractivity contribution in [3.05, 3.63) is 35.6 Å². The molecule has 1 unspecified atom stereocenters. The van der Waals surface area contributed by atoms with E-state index in [9.17, 15) is 9.18 Å². The van der Waals surface area contributed by atoms with Gasteiger partial charge in [-0.15, -0.1) is 0 Å².